The molecule has 1 aromatic carbocycles. The van der Waals surface area contributed by atoms with Gasteiger partial charge in [0.05, 0.1) is 11.9 Å². The summed E-state index contributed by atoms with van der Waals surface area (Å²) in [5.74, 6) is 1.75. The molecule has 2 rings (SSSR count). The van der Waals surface area contributed by atoms with Gasteiger partial charge in [0.1, 0.15) is 11.5 Å². The maximum Gasteiger partial charge on any atom is 0.276 e. The molecular formula is C15H12FN3O2. The number of carbonyl (C=O) groups is 1. The lowest BCUT2D eigenvalue weighted by Gasteiger charge is -2.08. The van der Waals surface area contributed by atoms with E-state index in [4.69, 9.17) is 11.2 Å². The summed E-state index contributed by atoms with van der Waals surface area (Å²) in [7, 11) is 0. The lowest BCUT2D eigenvalue weighted by atomic mass is 10.2. The highest BCUT2D eigenvalue weighted by atomic mass is 19.1. The molecule has 0 bridgehead atoms. The summed E-state index contributed by atoms with van der Waals surface area (Å²) in [6, 6.07) is 5.43. The normalized spacial score (nSPS) is 9.76. The van der Waals surface area contributed by atoms with E-state index in [0.717, 1.165) is 0 Å². The van der Waals surface area contributed by atoms with E-state index in [9.17, 15) is 9.18 Å². The average molecular weight is 285 g/mol. The molecule has 0 saturated carbocycles. The number of terminal acetylenes is 1. The largest absolute Gasteiger partial charge is 0.463 e. The molecule has 106 valence electrons. The molecule has 1 heterocycles. The van der Waals surface area contributed by atoms with Crippen LogP contribution in [0.4, 0.5) is 10.1 Å². The van der Waals surface area contributed by atoms with Gasteiger partial charge in [-0.25, -0.2) is 14.4 Å². The van der Waals surface area contributed by atoms with Gasteiger partial charge in [-0.1, -0.05) is 5.92 Å². The number of anilines is 1. The number of benzene rings is 1. The Labute approximate surface area is 121 Å². The van der Waals surface area contributed by atoms with Gasteiger partial charge in [-0.15, -0.1) is 6.42 Å². The Morgan fingerprint density at radius 3 is 2.76 bits per heavy atom. The van der Waals surface area contributed by atoms with Crippen molar-refractivity contribution in [1.29, 1.82) is 0 Å². The van der Waals surface area contributed by atoms with E-state index in [1.54, 1.807) is 6.92 Å². The predicted octanol–water partition coefficient (Wildman–Crippen LogP) is 2.19. The molecule has 0 atom stereocenters. The van der Waals surface area contributed by atoms with E-state index >= 15 is 0 Å². The van der Waals surface area contributed by atoms with Crippen LogP contribution in [0.25, 0.3) is 0 Å². The molecule has 0 radical (unpaired) electrons. The summed E-state index contributed by atoms with van der Waals surface area (Å²) < 4.78 is 17.9. The van der Waals surface area contributed by atoms with Crippen molar-refractivity contribution in [2.24, 2.45) is 0 Å². The van der Waals surface area contributed by atoms with Crippen LogP contribution in [-0.4, -0.2) is 22.5 Å². The van der Waals surface area contributed by atoms with Crippen molar-refractivity contribution in [2.75, 3.05) is 11.9 Å². The van der Waals surface area contributed by atoms with E-state index in [1.165, 1.54) is 30.5 Å². The topological polar surface area (TPSA) is 64.1 Å². The summed E-state index contributed by atoms with van der Waals surface area (Å²) in [6.45, 7) is 1.71. The van der Waals surface area contributed by atoms with Crippen LogP contribution in [0.1, 0.15) is 16.2 Å². The van der Waals surface area contributed by atoms with Gasteiger partial charge in [0.15, 0.2) is 6.61 Å². The third kappa shape index (κ3) is 3.76. The number of ether oxygens (including phenoxy) is 1. The summed E-state index contributed by atoms with van der Waals surface area (Å²) in [4.78, 5) is 20.2. The van der Waals surface area contributed by atoms with Crippen molar-refractivity contribution in [1.82, 2.24) is 9.97 Å². The van der Waals surface area contributed by atoms with Gasteiger partial charge >= 0.3 is 0 Å². The summed E-state index contributed by atoms with van der Waals surface area (Å²) in [6.07, 6.45) is 6.40. The second-order valence-corrected chi connectivity index (χ2v) is 4.10. The summed E-state index contributed by atoms with van der Waals surface area (Å²) in [5.41, 5.74) is 1.03. The van der Waals surface area contributed by atoms with Crippen molar-refractivity contribution in [3.05, 3.63) is 47.7 Å². The van der Waals surface area contributed by atoms with Crippen LogP contribution in [0.2, 0.25) is 0 Å². The maximum absolute atomic E-state index is 12.8. The average Bonchev–Trinajstić information content (AvgIpc) is 2.47. The van der Waals surface area contributed by atoms with Gasteiger partial charge < -0.3 is 10.1 Å². The van der Waals surface area contributed by atoms with E-state index < -0.39 is 5.91 Å². The number of rotatable bonds is 4. The molecule has 1 N–H and O–H groups in total. The van der Waals surface area contributed by atoms with Crippen LogP contribution in [0.15, 0.2) is 30.5 Å². The Kier molecular flexibility index (Phi) is 4.46. The van der Waals surface area contributed by atoms with E-state index in [2.05, 4.69) is 21.2 Å². The number of aromatic nitrogens is 2. The van der Waals surface area contributed by atoms with Crippen molar-refractivity contribution >= 4 is 11.6 Å². The van der Waals surface area contributed by atoms with Crippen LogP contribution < -0.4 is 10.1 Å². The first-order valence-corrected chi connectivity index (χ1v) is 6.07. The molecule has 1 aromatic heterocycles. The zero-order valence-electron chi connectivity index (χ0n) is 11.3. The predicted molar refractivity (Wildman–Crippen MR) is 75.5 cm³/mol. The molecule has 6 heteroatoms. The highest BCUT2D eigenvalue weighted by molar-refractivity contribution is 6.03. The minimum absolute atomic E-state index is 0.0786. The Hall–Kier alpha value is -2.94. The molecule has 1 amide bonds. The molecule has 0 aliphatic rings. The van der Waals surface area contributed by atoms with Crippen molar-refractivity contribution < 1.29 is 13.9 Å². The van der Waals surface area contributed by atoms with Crippen molar-refractivity contribution in [3.8, 4) is 18.2 Å². The van der Waals surface area contributed by atoms with E-state index in [1.807, 2.05) is 0 Å². The van der Waals surface area contributed by atoms with Crippen LogP contribution in [-0.2, 0) is 0 Å². The number of nitrogens with one attached hydrogen (secondary N) is 1. The molecule has 0 aliphatic carbocycles. The molecule has 0 unspecified atom stereocenters. The smallest absolute Gasteiger partial charge is 0.276 e. The SMILES string of the molecule is C#CCOc1cnc(C(=O)Nc2ccc(F)cc2)c(C)n1. The number of halogens is 1. The number of nitrogens with zero attached hydrogens (tertiary/aromatic N) is 2. The van der Waals surface area contributed by atoms with Gasteiger partial charge in [-0.2, -0.15) is 0 Å². The Bertz CT molecular complexity index is 693. The third-order valence-electron chi connectivity index (χ3n) is 2.55. The van der Waals surface area contributed by atoms with Crippen molar-refractivity contribution in [2.45, 2.75) is 6.92 Å². The first-order valence-electron chi connectivity index (χ1n) is 6.07. The highest BCUT2D eigenvalue weighted by Crippen LogP contribution is 2.13. The minimum atomic E-state index is -0.435. The van der Waals surface area contributed by atoms with Gasteiger partial charge in [0, 0.05) is 5.69 Å². The van der Waals surface area contributed by atoms with Crippen LogP contribution >= 0.6 is 0 Å². The molecule has 0 saturated heterocycles. The zero-order chi connectivity index (χ0) is 15.2. The maximum atomic E-state index is 12.8. The molecular weight excluding hydrogens is 273 g/mol. The molecule has 2 aromatic rings. The zero-order valence-corrected chi connectivity index (χ0v) is 11.3. The fraction of sp³-hybridized carbons (Fsp3) is 0.133. The summed E-state index contributed by atoms with van der Waals surface area (Å²) in [5, 5.41) is 2.61. The van der Waals surface area contributed by atoms with Gasteiger partial charge in [0.2, 0.25) is 5.88 Å². The molecule has 0 fully saturated rings. The summed E-state index contributed by atoms with van der Waals surface area (Å²) >= 11 is 0. The second-order valence-electron chi connectivity index (χ2n) is 4.10. The van der Waals surface area contributed by atoms with Gasteiger partial charge in [-0.3, -0.25) is 4.79 Å². The number of aryl methyl sites for hydroxylation is 1. The Morgan fingerprint density at radius 1 is 1.43 bits per heavy atom. The van der Waals surface area contributed by atoms with E-state index in [-0.39, 0.29) is 24.0 Å². The molecule has 5 nitrogen and oxygen atoms in total. The first-order chi connectivity index (χ1) is 10.1. The molecule has 0 aliphatic heterocycles. The number of hydrogen-bond donors (Lipinski definition) is 1. The second kappa shape index (κ2) is 6.48. The number of amides is 1. The van der Waals surface area contributed by atoms with Crippen LogP contribution in [0.5, 0.6) is 5.88 Å². The Morgan fingerprint density at radius 2 is 2.14 bits per heavy atom. The number of carbonyl (C=O) groups excluding carboxylic acids is 1. The van der Waals surface area contributed by atoms with Crippen LogP contribution in [0, 0.1) is 25.1 Å². The van der Waals surface area contributed by atoms with Crippen molar-refractivity contribution in [3.63, 3.8) is 0 Å². The quantitative estimate of drug-likeness (QED) is 0.875. The lowest BCUT2D eigenvalue weighted by molar-refractivity contribution is 0.102. The Balaban J connectivity index is 2.12. The van der Waals surface area contributed by atoms with Gasteiger partial charge in [-0.05, 0) is 31.2 Å². The fourth-order valence-corrected chi connectivity index (χ4v) is 1.59. The molecule has 0 spiro atoms. The van der Waals surface area contributed by atoms with Gasteiger partial charge in [0.25, 0.3) is 5.91 Å². The monoisotopic (exact) mass is 285 g/mol. The number of hydrogen-bond acceptors (Lipinski definition) is 4. The third-order valence-corrected chi connectivity index (χ3v) is 2.55. The highest BCUT2D eigenvalue weighted by Gasteiger charge is 2.13. The van der Waals surface area contributed by atoms with Crippen LogP contribution in [0.3, 0.4) is 0 Å². The first kappa shape index (κ1) is 14.5. The fourth-order valence-electron chi connectivity index (χ4n) is 1.59. The lowest BCUT2D eigenvalue weighted by Crippen LogP contribution is -2.16. The standard InChI is InChI=1S/C15H12FN3O2/c1-3-8-21-13-9-17-14(10(2)18-13)15(20)19-12-6-4-11(16)5-7-12/h1,4-7,9H,8H2,2H3,(H,19,20). The molecule has 21 heavy (non-hydrogen) atoms. The minimum Gasteiger partial charge on any atom is -0.463 e. The van der Waals surface area contributed by atoms with E-state index in [0.29, 0.717) is 11.4 Å².